The summed E-state index contributed by atoms with van der Waals surface area (Å²) >= 11 is 0. The first kappa shape index (κ1) is 18.7. The third-order valence-electron chi connectivity index (χ3n) is 3.83. The van der Waals surface area contributed by atoms with Gasteiger partial charge in [-0.1, -0.05) is 12.1 Å². The quantitative estimate of drug-likeness (QED) is 0.348. The lowest BCUT2D eigenvalue weighted by Crippen LogP contribution is -2.38. The maximum Gasteiger partial charge on any atom is 0.191 e. The predicted molar refractivity (Wildman–Crippen MR) is 93.5 cm³/mol. The second-order valence-electron chi connectivity index (χ2n) is 6.09. The molecule has 3 N–H and O–H groups in total. The molecule has 1 aliphatic carbocycles. The van der Waals surface area contributed by atoms with Crippen LogP contribution >= 0.6 is 0 Å². The fourth-order valence-corrected chi connectivity index (χ4v) is 2.23. The van der Waals surface area contributed by atoms with E-state index in [0.29, 0.717) is 11.5 Å². The average Bonchev–Trinajstić information content (AvgIpc) is 3.40. The van der Waals surface area contributed by atoms with Crippen LogP contribution in [0, 0.1) is 11.7 Å². The number of aliphatic imine (C=N–C) groups is 1. The fraction of sp³-hybridized carbons (Fsp3) is 0.611. The molecule has 0 bridgehead atoms. The molecule has 2 rings (SSSR count). The molecule has 134 valence electrons. The van der Waals surface area contributed by atoms with Crippen LogP contribution in [0.4, 0.5) is 4.39 Å². The minimum Gasteiger partial charge on any atom is -0.386 e. The van der Waals surface area contributed by atoms with Gasteiger partial charge in [0.2, 0.25) is 0 Å². The Bertz CT molecular complexity index is 503. The first-order chi connectivity index (χ1) is 11.7. The van der Waals surface area contributed by atoms with Crippen molar-refractivity contribution in [2.45, 2.75) is 32.3 Å². The third kappa shape index (κ3) is 7.27. The maximum atomic E-state index is 12.9. The average molecular weight is 337 g/mol. The summed E-state index contributed by atoms with van der Waals surface area (Å²) in [6, 6.07) is 5.83. The molecule has 6 heteroatoms. The van der Waals surface area contributed by atoms with Crippen molar-refractivity contribution < 1.29 is 14.2 Å². The zero-order chi connectivity index (χ0) is 17.2. The highest BCUT2D eigenvalue weighted by Gasteiger charge is 2.20. The molecule has 1 aromatic carbocycles. The minimum absolute atomic E-state index is 0.221. The van der Waals surface area contributed by atoms with E-state index in [0.717, 1.165) is 38.6 Å². The summed E-state index contributed by atoms with van der Waals surface area (Å²) in [5.41, 5.74) is 0.657. The van der Waals surface area contributed by atoms with Gasteiger partial charge in [-0.25, -0.2) is 4.39 Å². The second-order valence-corrected chi connectivity index (χ2v) is 6.09. The van der Waals surface area contributed by atoms with Crippen LogP contribution in [-0.4, -0.2) is 43.9 Å². The number of guanidine groups is 1. The van der Waals surface area contributed by atoms with E-state index < -0.39 is 6.10 Å². The summed E-state index contributed by atoms with van der Waals surface area (Å²) in [4.78, 5) is 4.38. The number of nitrogens with one attached hydrogen (secondary N) is 2. The Morgan fingerprint density at radius 3 is 2.75 bits per heavy atom. The summed E-state index contributed by atoms with van der Waals surface area (Å²) < 4.78 is 18.5. The number of nitrogens with zero attached hydrogens (tertiary/aromatic N) is 1. The molecule has 0 aromatic heterocycles. The predicted octanol–water partition coefficient (Wildman–Crippen LogP) is 2.23. The van der Waals surface area contributed by atoms with Crippen LogP contribution in [0.3, 0.4) is 0 Å². The van der Waals surface area contributed by atoms with Crippen LogP contribution in [0.1, 0.15) is 37.9 Å². The molecule has 1 aromatic rings. The smallest absolute Gasteiger partial charge is 0.191 e. The van der Waals surface area contributed by atoms with Crippen molar-refractivity contribution in [1.29, 1.82) is 0 Å². The number of aliphatic hydroxyl groups is 1. The molecule has 0 spiro atoms. The lowest BCUT2D eigenvalue weighted by Gasteiger charge is -2.13. The zero-order valence-electron chi connectivity index (χ0n) is 14.3. The van der Waals surface area contributed by atoms with Gasteiger partial charge in [0.25, 0.3) is 0 Å². The van der Waals surface area contributed by atoms with E-state index >= 15 is 0 Å². The van der Waals surface area contributed by atoms with E-state index in [2.05, 4.69) is 15.6 Å². The molecule has 1 aliphatic rings. The van der Waals surface area contributed by atoms with Crippen LogP contribution in [0.2, 0.25) is 0 Å². The third-order valence-corrected chi connectivity index (χ3v) is 3.83. The summed E-state index contributed by atoms with van der Waals surface area (Å²) in [6.07, 6.45) is 2.79. The largest absolute Gasteiger partial charge is 0.386 e. The van der Waals surface area contributed by atoms with Gasteiger partial charge in [-0.05, 0) is 49.8 Å². The van der Waals surface area contributed by atoms with Gasteiger partial charge >= 0.3 is 0 Å². The molecule has 0 amide bonds. The van der Waals surface area contributed by atoms with E-state index in [1.807, 2.05) is 6.92 Å². The van der Waals surface area contributed by atoms with E-state index in [4.69, 9.17) is 4.74 Å². The molecule has 1 saturated carbocycles. The topological polar surface area (TPSA) is 65.9 Å². The Labute approximate surface area is 143 Å². The fourth-order valence-electron chi connectivity index (χ4n) is 2.23. The lowest BCUT2D eigenvalue weighted by molar-refractivity contribution is 0.123. The van der Waals surface area contributed by atoms with Gasteiger partial charge in [0, 0.05) is 26.3 Å². The number of hydrogen-bond acceptors (Lipinski definition) is 3. The Balaban J connectivity index is 1.69. The molecule has 1 unspecified atom stereocenters. The summed E-state index contributed by atoms with van der Waals surface area (Å²) in [7, 11) is 0. The summed E-state index contributed by atoms with van der Waals surface area (Å²) in [5.74, 6) is 1.15. The molecule has 1 fully saturated rings. The number of benzene rings is 1. The highest BCUT2D eigenvalue weighted by atomic mass is 19.1. The first-order valence-corrected chi connectivity index (χ1v) is 8.72. The maximum absolute atomic E-state index is 12.9. The molecule has 5 nitrogen and oxygen atoms in total. The van der Waals surface area contributed by atoms with E-state index in [1.54, 1.807) is 12.1 Å². The van der Waals surface area contributed by atoms with Crippen LogP contribution in [-0.2, 0) is 4.74 Å². The van der Waals surface area contributed by atoms with Crippen LogP contribution in [0.5, 0.6) is 0 Å². The van der Waals surface area contributed by atoms with Crippen molar-refractivity contribution in [3.8, 4) is 0 Å². The molecule has 0 radical (unpaired) electrons. The standard InChI is InChI=1S/C18H28FN3O2/c1-2-20-18(21-10-3-11-24-13-14-4-5-14)22-12-17(23)15-6-8-16(19)9-7-15/h6-9,14,17,23H,2-5,10-13H2,1H3,(H2,20,21,22). The summed E-state index contributed by atoms with van der Waals surface area (Å²) in [5, 5.41) is 16.5. The van der Waals surface area contributed by atoms with Gasteiger partial charge in [-0.2, -0.15) is 0 Å². The highest BCUT2D eigenvalue weighted by molar-refractivity contribution is 5.79. The molecule has 0 saturated heterocycles. The van der Waals surface area contributed by atoms with E-state index in [-0.39, 0.29) is 12.4 Å². The molecular formula is C18H28FN3O2. The number of hydrogen-bond donors (Lipinski definition) is 3. The Kier molecular flexibility index (Phi) is 7.98. The molecule has 0 heterocycles. The monoisotopic (exact) mass is 337 g/mol. The van der Waals surface area contributed by atoms with Crippen molar-refractivity contribution in [3.05, 3.63) is 35.6 Å². The SMILES string of the molecule is CCNC(=NCC(O)c1ccc(F)cc1)NCCCOCC1CC1. The van der Waals surface area contributed by atoms with Crippen molar-refractivity contribution >= 4 is 5.96 Å². The number of ether oxygens (including phenoxy) is 1. The van der Waals surface area contributed by atoms with Gasteiger partial charge in [0.05, 0.1) is 12.6 Å². The van der Waals surface area contributed by atoms with Crippen LogP contribution in [0.25, 0.3) is 0 Å². The Morgan fingerprint density at radius 2 is 2.08 bits per heavy atom. The molecular weight excluding hydrogens is 309 g/mol. The van der Waals surface area contributed by atoms with Crippen molar-refractivity contribution in [3.63, 3.8) is 0 Å². The second kappa shape index (κ2) is 10.3. The van der Waals surface area contributed by atoms with Crippen molar-refractivity contribution in [1.82, 2.24) is 10.6 Å². The normalized spacial score (nSPS) is 16.0. The summed E-state index contributed by atoms with van der Waals surface area (Å²) in [6.45, 7) is 5.37. The van der Waals surface area contributed by atoms with Gasteiger partial charge in [-0.15, -0.1) is 0 Å². The lowest BCUT2D eigenvalue weighted by atomic mass is 10.1. The zero-order valence-corrected chi connectivity index (χ0v) is 14.3. The first-order valence-electron chi connectivity index (χ1n) is 8.72. The van der Waals surface area contributed by atoms with Crippen LogP contribution in [0.15, 0.2) is 29.3 Å². The number of halogens is 1. The van der Waals surface area contributed by atoms with Gasteiger partial charge in [-0.3, -0.25) is 4.99 Å². The molecule has 0 aliphatic heterocycles. The number of aliphatic hydroxyl groups excluding tert-OH is 1. The van der Waals surface area contributed by atoms with Crippen molar-refractivity contribution in [2.24, 2.45) is 10.9 Å². The van der Waals surface area contributed by atoms with E-state index in [1.165, 1.54) is 25.0 Å². The van der Waals surface area contributed by atoms with Crippen molar-refractivity contribution in [2.75, 3.05) is 32.8 Å². The van der Waals surface area contributed by atoms with Gasteiger partial charge in [0.15, 0.2) is 5.96 Å². The Hall–Kier alpha value is -1.66. The Morgan fingerprint density at radius 1 is 1.33 bits per heavy atom. The van der Waals surface area contributed by atoms with Gasteiger partial charge < -0.3 is 20.5 Å². The molecule has 24 heavy (non-hydrogen) atoms. The number of rotatable bonds is 10. The van der Waals surface area contributed by atoms with Gasteiger partial charge in [0.1, 0.15) is 5.82 Å². The van der Waals surface area contributed by atoms with E-state index in [9.17, 15) is 9.50 Å². The molecule has 1 atom stereocenters. The minimum atomic E-state index is -0.747. The highest BCUT2D eigenvalue weighted by Crippen LogP contribution is 2.28. The van der Waals surface area contributed by atoms with Crippen LogP contribution < -0.4 is 10.6 Å².